The zero-order valence-corrected chi connectivity index (χ0v) is 12.1. The lowest BCUT2D eigenvalue weighted by Crippen LogP contribution is -2.39. The third kappa shape index (κ3) is 2.89. The highest BCUT2D eigenvalue weighted by atomic mass is 16.2. The second-order valence-corrected chi connectivity index (χ2v) is 5.84. The third-order valence-electron chi connectivity index (χ3n) is 4.36. The first-order valence-electron chi connectivity index (χ1n) is 7.63. The molecule has 1 aromatic rings. The molecule has 0 aromatic heterocycles. The lowest BCUT2D eigenvalue weighted by molar-refractivity contribution is -0.143. The summed E-state index contributed by atoms with van der Waals surface area (Å²) in [4.78, 5) is 37.4. The number of nitrogens with zero attached hydrogens (tertiary/aromatic N) is 1. The van der Waals surface area contributed by atoms with E-state index in [2.05, 4.69) is 0 Å². The van der Waals surface area contributed by atoms with Gasteiger partial charge in [0, 0.05) is 18.4 Å². The van der Waals surface area contributed by atoms with Gasteiger partial charge in [-0.15, -0.1) is 0 Å². The highest BCUT2D eigenvalue weighted by molar-refractivity contribution is 6.05. The zero-order valence-electron chi connectivity index (χ0n) is 12.1. The molecule has 3 rings (SSSR count). The molecule has 0 spiro atoms. The lowest BCUT2D eigenvalue weighted by atomic mass is 10.0. The van der Waals surface area contributed by atoms with Crippen LogP contribution in [-0.4, -0.2) is 29.0 Å². The van der Waals surface area contributed by atoms with Crippen LogP contribution in [0.3, 0.4) is 0 Å². The monoisotopic (exact) mass is 285 g/mol. The van der Waals surface area contributed by atoms with Crippen molar-refractivity contribution in [2.75, 3.05) is 6.54 Å². The van der Waals surface area contributed by atoms with Gasteiger partial charge in [0.1, 0.15) is 0 Å². The third-order valence-corrected chi connectivity index (χ3v) is 4.36. The van der Waals surface area contributed by atoms with E-state index in [9.17, 15) is 14.4 Å². The van der Waals surface area contributed by atoms with Crippen molar-refractivity contribution in [1.29, 1.82) is 0 Å². The highest BCUT2D eigenvalue weighted by Crippen LogP contribution is 2.23. The van der Waals surface area contributed by atoms with Gasteiger partial charge in [-0.3, -0.25) is 19.3 Å². The molecular weight excluding hydrogens is 266 g/mol. The molecule has 21 heavy (non-hydrogen) atoms. The van der Waals surface area contributed by atoms with Crippen LogP contribution in [0.2, 0.25) is 0 Å². The van der Waals surface area contributed by atoms with Gasteiger partial charge in [0.05, 0.1) is 6.54 Å². The second-order valence-electron chi connectivity index (χ2n) is 5.84. The smallest absolute Gasteiger partial charge is 0.229 e. The predicted octanol–water partition coefficient (Wildman–Crippen LogP) is 2.29. The van der Waals surface area contributed by atoms with Crippen molar-refractivity contribution in [2.45, 2.75) is 44.9 Å². The number of likely N-dealkylation sites (tertiary alicyclic amines) is 1. The Balaban J connectivity index is 1.76. The first-order chi connectivity index (χ1) is 10.1. The first kappa shape index (κ1) is 14.0. The standard InChI is InChI=1S/C17H19NO3/c19-15(11-18-16(20)6-1-2-7-17(18)21)14-9-8-12-4-3-5-13(12)10-14/h8-10H,1-7,11H2. The molecule has 1 aliphatic carbocycles. The van der Waals surface area contributed by atoms with Crippen molar-refractivity contribution in [1.82, 2.24) is 4.90 Å². The van der Waals surface area contributed by atoms with E-state index < -0.39 is 0 Å². The summed E-state index contributed by atoms with van der Waals surface area (Å²) in [6.45, 7) is -0.115. The van der Waals surface area contributed by atoms with Gasteiger partial charge in [0.25, 0.3) is 0 Å². The van der Waals surface area contributed by atoms with E-state index in [0.717, 1.165) is 37.0 Å². The summed E-state index contributed by atoms with van der Waals surface area (Å²) in [7, 11) is 0. The van der Waals surface area contributed by atoms with Crippen LogP contribution in [0.25, 0.3) is 0 Å². The van der Waals surface area contributed by atoms with E-state index in [1.807, 2.05) is 18.2 Å². The minimum absolute atomic E-state index is 0.115. The van der Waals surface area contributed by atoms with Crippen LogP contribution in [-0.2, 0) is 22.4 Å². The van der Waals surface area contributed by atoms with Crippen LogP contribution in [0.4, 0.5) is 0 Å². The quantitative estimate of drug-likeness (QED) is 0.632. The molecular formula is C17H19NO3. The Morgan fingerprint density at radius 1 is 0.905 bits per heavy atom. The maximum absolute atomic E-state index is 12.4. The number of aryl methyl sites for hydroxylation is 2. The molecule has 0 radical (unpaired) electrons. The van der Waals surface area contributed by atoms with Crippen LogP contribution >= 0.6 is 0 Å². The average molecular weight is 285 g/mol. The SMILES string of the molecule is O=C(CN1C(=O)CCCCC1=O)c1ccc2c(c1)CCC2. The van der Waals surface area contributed by atoms with E-state index in [0.29, 0.717) is 18.4 Å². The number of fused-ring (bicyclic) bond motifs is 1. The zero-order chi connectivity index (χ0) is 14.8. The van der Waals surface area contributed by atoms with Crippen LogP contribution in [0.5, 0.6) is 0 Å². The Morgan fingerprint density at radius 2 is 1.57 bits per heavy atom. The Labute approximate surface area is 124 Å². The topological polar surface area (TPSA) is 54.5 Å². The van der Waals surface area contributed by atoms with Gasteiger partial charge in [0.15, 0.2) is 5.78 Å². The Kier molecular flexibility index (Phi) is 3.86. The summed E-state index contributed by atoms with van der Waals surface area (Å²) in [6, 6.07) is 5.75. The molecule has 0 N–H and O–H groups in total. The number of hydrogen-bond donors (Lipinski definition) is 0. The molecule has 110 valence electrons. The van der Waals surface area contributed by atoms with E-state index in [4.69, 9.17) is 0 Å². The first-order valence-corrected chi connectivity index (χ1v) is 7.63. The summed E-state index contributed by atoms with van der Waals surface area (Å²) in [5.41, 5.74) is 3.16. The second kappa shape index (κ2) is 5.80. The highest BCUT2D eigenvalue weighted by Gasteiger charge is 2.26. The van der Waals surface area contributed by atoms with Gasteiger partial charge >= 0.3 is 0 Å². The number of Topliss-reactive ketones (excluding diaryl/α,β-unsaturated/α-hetero) is 1. The molecule has 1 saturated heterocycles. The molecule has 1 aromatic carbocycles. The molecule has 1 aliphatic heterocycles. The van der Waals surface area contributed by atoms with Gasteiger partial charge in [-0.25, -0.2) is 0 Å². The maximum atomic E-state index is 12.4. The number of hydrogen-bond acceptors (Lipinski definition) is 3. The molecule has 1 heterocycles. The molecule has 2 amide bonds. The molecule has 0 atom stereocenters. The summed E-state index contributed by atoms with van der Waals surface area (Å²) in [5, 5.41) is 0. The van der Waals surface area contributed by atoms with Gasteiger partial charge in [-0.2, -0.15) is 0 Å². The number of benzene rings is 1. The Hall–Kier alpha value is -1.97. The van der Waals surface area contributed by atoms with E-state index >= 15 is 0 Å². The molecule has 1 fully saturated rings. The molecule has 4 nitrogen and oxygen atoms in total. The molecule has 0 bridgehead atoms. The van der Waals surface area contributed by atoms with E-state index in [1.165, 1.54) is 11.1 Å². The fourth-order valence-corrected chi connectivity index (χ4v) is 3.12. The van der Waals surface area contributed by atoms with Crippen molar-refractivity contribution < 1.29 is 14.4 Å². The number of imide groups is 1. The fraction of sp³-hybridized carbons (Fsp3) is 0.471. The van der Waals surface area contributed by atoms with Gasteiger partial charge in [-0.1, -0.05) is 12.1 Å². The Bertz CT molecular complexity index is 588. The fourth-order valence-electron chi connectivity index (χ4n) is 3.12. The minimum Gasteiger partial charge on any atom is -0.292 e. The normalized spacial score (nSPS) is 18.6. The number of carbonyl (C=O) groups excluding carboxylic acids is 3. The van der Waals surface area contributed by atoms with Crippen LogP contribution in [0, 0.1) is 0 Å². The van der Waals surface area contributed by atoms with Crippen LogP contribution in [0.15, 0.2) is 18.2 Å². The number of ketones is 1. The van der Waals surface area contributed by atoms with Gasteiger partial charge in [0.2, 0.25) is 11.8 Å². The largest absolute Gasteiger partial charge is 0.292 e. The summed E-state index contributed by atoms with van der Waals surface area (Å²) in [6.07, 6.45) is 5.41. The van der Waals surface area contributed by atoms with E-state index in [1.54, 1.807) is 0 Å². The molecule has 2 aliphatic rings. The Morgan fingerprint density at radius 3 is 2.29 bits per heavy atom. The minimum atomic E-state index is -0.216. The summed E-state index contributed by atoms with van der Waals surface area (Å²) >= 11 is 0. The molecule has 0 unspecified atom stereocenters. The number of carbonyl (C=O) groups is 3. The van der Waals surface area contributed by atoms with Crippen LogP contribution in [0.1, 0.15) is 53.6 Å². The van der Waals surface area contributed by atoms with Gasteiger partial charge < -0.3 is 0 Å². The molecule has 0 saturated carbocycles. The predicted molar refractivity (Wildman–Crippen MR) is 78.0 cm³/mol. The number of amides is 2. The van der Waals surface area contributed by atoms with Crippen LogP contribution < -0.4 is 0 Å². The summed E-state index contributed by atoms with van der Waals surface area (Å²) < 4.78 is 0. The maximum Gasteiger partial charge on any atom is 0.229 e. The van der Waals surface area contributed by atoms with Gasteiger partial charge in [-0.05, 0) is 49.3 Å². The summed E-state index contributed by atoms with van der Waals surface area (Å²) in [5.74, 6) is -0.577. The van der Waals surface area contributed by atoms with Crippen molar-refractivity contribution in [3.63, 3.8) is 0 Å². The molecule has 4 heteroatoms. The van der Waals surface area contributed by atoms with Crippen molar-refractivity contribution >= 4 is 17.6 Å². The van der Waals surface area contributed by atoms with E-state index in [-0.39, 0.29) is 24.1 Å². The van der Waals surface area contributed by atoms with Crippen molar-refractivity contribution in [2.24, 2.45) is 0 Å². The van der Waals surface area contributed by atoms with Crippen molar-refractivity contribution in [3.8, 4) is 0 Å². The lowest BCUT2D eigenvalue weighted by Gasteiger charge is -2.17. The van der Waals surface area contributed by atoms with Crippen molar-refractivity contribution in [3.05, 3.63) is 34.9 Å². The number of rotatable bonds is 3. The average Bonchev–Trinajstić information content (AvgIpc) is 2.89.